The van der Waals surface area contributed by atoms with Crippen LogP contribution in [0.25, 0.3) is 0 Å². The minimum absolute atomic E-state index is 0.154. The molecular weight excluding hydrogens is 268 g/mol. The zero-order chi connectivity index (χ0) is 15.2. The predicted octanol–water partition coefficient (Wildman–Crippen LogP) is 1.88. The molecule has 0 radical (unpaired) electrons. The second kappa shape index (κ2) is 7.43. The lowest BCUT2D eigenvalue weighted by Gasteiger charge is -2.32. The van der Waals surface area contributed by atoms with E-state index >= 15 is 0 Å². The average Bonchev–Trinajstić information content (AvgIpc) is 2.88. The van der Waals surface area contributed by atoms with Gasteiger partial charge in [0, 0.05) is 32.0 Å². The summed E-state index contributed by atoms with van der Waals surface area (Å²) in [6.45, 7) is 6.23. The molecule has 118 valence electrons. The van der Waals surface area contributed by atoms with Crippen LogP contribution in [0.5, 0.6) is 0 Å². The van der Waals surface area contributed by atoms with Crippen molar-refractivity contribution >= 4 is 5.91 Å². The molecule has 0 aromatic carbocycles. The maximum absolute atomic E-state index is 12.2. The number of carbonyl (C=O) groups is 1. The highest BCUT2D eigenvalue weighted by Gasteiger charge is 2.27. The summed E-state index contributed by atoms with van der Waals surface area (Å²) in [4.78, 5) is 25.9. The first-order valence-corrected chi connectivity index (χ1v) is 8.10. The number of likely N-dealkylation sites (tertiary alicyclic amines) is 1. The number of piperidine rings is 1. The summed E-state index contributed by atoms with van der Waals surface area (Å²) in [5, 5.41) is 6.69. The van der Waals surface area contributed by atoms with Gasteiger partial charge in [-0.25, -0.2) is 9.89 Å². The summed E-state index contributed by atoms with van der Waals surface area (Å²) < 4.78 is 1.68. The molecule has 1 saturated heterocycles. The van der Waals surface area contributed by atoms with E-state index in [2.05, 4.69) is 17.1 Å². The van der Waals surface area contributed by atoms with Crippen LogP contribution < -0.4 is 5.69 Å². The van der Waals surface area contributed by atoms with Crippen LogP contribution in [0.3, 0.4) is 0 Å². The summed E-state index contributed by atoms with van der Waals surface area (Å²) in [6, 6.07) is 0. The van der Waals surface area contributed by atoms with Crippen LogP contribution in [0, 0.1) is 0 Å². The predicted molar refractivity (Wildman–Crippen MR) is 81.2 cm³/mol. The molecule has 6 nitrogen and oxygen atoms in total. The molecule has 0 unspecified atom stereocenters. The molecule has 6 heteroatoms. The highest BCUT2D eigenvalue weighted by molar-refractivity contribution is 5.76. The molecule has 0 aliphatic carbocycles. The van der Waals surface area contributed by atoms with Gasteiger partial charge in [0.05, 0.1) is 0 Å². The normalized spacial score (nSPS) is 19.0. The monoisotopic (exact) mass is 294 g/mol. The number of rotatable bonds is 6. The van der Waals surface area contributed by atoms with Crippen molar-refractivity contribution in [1.82, 2.24) is 19.7 Å². The van der Waals surface area contributed by atoms with Crippen LogP contribution in [0.2, 0.25) is 0 Å². The third-order valence-corrected chi connectivity index (χ3v) is 4.24. The molecule has 1 amide bonds. The third-order valence-electron chi connectivity index (χ3n) is 4.24. The molecule has 1 aliphatic rings. The number of nitrogens with one attached hydrogen (secondary N) is 1. The number of unbranched alkanes of at least 4 members (excludes halogenated alkanes) is 2. The van der Waals surface area contributed by atoms with Crippen molar-refractivity contribution < 1.29 is 4.79 Å². The molecule has 0 saturated carbocycles. The van der Waals surface area contributed by atoms with Crippen molar-refractivity contribution in [1.29, 1.82) is 0 Å². The third kappa shape index (κ3) is 3.74. The summed E-state index contributed by atoms with van der Waals surface area (Å²) >= 11 is 0. The van der Waals surface area contributed by atoms with Crippen molar-refractivity contribution in [2.75, 3.05) is 13.1 Å². The van der Waals surface area contributed by atoms with E-state index in [4.69, 9.17) is 0 Å². The largest absolute Gasteiger partial charge is 0.343 e. The molecule has 1 aliphatic heterocycles. The second-order valence-electron chi connectivity index (χ2n) is 5.77. The molecule has 0 spiro atoms. The summed E-state index contributed by atoms with van der Waals surface area (Å²) in [7, 11) is 0. The fourth-order valence-corrected chi connectivity index (χ4v) is 3.05. The van der Waals surface area contributed by atoms with Gasteiger partial charge in [0.15, 0.2) is 0 Å². The Morgan fingerprint density at radius 2 is 2.19 bits per heavy atom. The van der Waals surface area contributed by atoms with E-state index in [-0.39, 0.29) is 17.5 Å². The Hall–Kier alpha value is -1.59. The average molecular weight is 294 g/mol. The lowest BCUT2D eigenvalue weighted by Crippen LogP contribution is -2.40. The van der Waals surface area contributed by atoms with Crippen LogP contribution in [0.15, 0.2) is 4.79 Å². The highest BCUT2D eigenvalue weighted by Crippen LogP contribution is 2.25. The maximum Gasteiger partial charge on any atom is 0.343 e. The Kier molecular flexibility index (Phi) is 5.59. The number of carbonyl (C=O) groups excluding carboxylic acids is 1. The van der Waals surface area contributed by atoms with E-state index in [0.29, 0.717) is 19.5 Å². The fraction of sp³-hybridized carbons (Fsp3) is 0.800. The first kappa shape index (κ1) is 15.8. The fourth-order valence-electron chi connectivity index (χ4n) is 3.05. The number of aromatic amines is 1. The lowest BCUT2D eigenvalue weighted by molar-refractivity contribution is -0.132. The van der Waals surface area contributed by atoms with Gasteiger partial charge in [-0.15, -0.1) is 0 Å². The molecule has 1 fully saturated rings. The molecule has 21 heavy (non-hydrogen) atoms. The Labute approximate surface area is 125 Å². The van der Waals surface area contributed by atoms with E-state index in [1.165, 1.54) is 0 Å². The number of hydrogen-bond donors (Lipinski definition) is 1. The molecule has 2 heterocycles. The first-order valence-electron chi connectivity index (χ1n) is 8.10. The van der Waals surface area contributed by atoms with Crippen LogP contribution in [-0.2, 0) is 11.3 Å². The molecule has 1 atom stereocenters. The maximum atomic E-state index is 12.2. The van der Waals surface area contributed by atoms with E-state index in [0.717, 1.165) is 44.5 Å². The van der Waals surface area contributed by atoms with Gasteiger partial charge in [-0.1, -0.05) is 19.8 Å². The van der Waals surface area contributed by atoms with Crippen LogP contribution in [0.4, 0.5) is 0 Å². The van der Waals surface area contributed by atoms with Gasteiger partial charge in [0.2, 0.25) is 5.91 Å². The van der Waals surface area contributed by atoms with Crippen LogP contribution >= 0.6 is 0 Å². The minimum Gasteiger partial charge on any atom is -0.342 e. The zero-order valence-electron chi connectivity index (χ0n) is 13.1. The van der Waals surface area contributed by atoms with Crippen LogP contribution in [-0.4, -0.2) is 38.7 Å². The molecule has 1 aromatic heterocycles. The van der Waals surface area contributed by atoms with Gasteiger partial charge in [0.25, 0.3) is 0 Å². The van der Waals surface area contributed by atoms with Crippen molar-refractivity contribution in [2.24, 2.45) is 0 Å². The standard InChI is InChI=1S/C15H26N4O2/c1-3-5-6-9-13(20)18-10-7-8-12(11-18)14-16-17-15(21)19(14)4-2/h12H,3-11H2,1-2H3,(H,17,21)/t12-/m0/s1. The number of nitrogens with zero attached hydrogens (tertiary/aromatic N) is 3. The SMILES string of the molecule is CCCCCC(=O)N1CCC[C@H](c2n[nH]c(=O)n2CC)C1. The lowest BCUT2D eigenvalue weighted by atomic mass is 9.96. The first-order chi connectivity index (χ1) is 10.2. The Balaban J connectivity index is 2.00. The van der Waals surface area contributed by atoms with Gasteiger partial charge in [-0.2, -0.15) is 5.10 Å². The van der Waals surface area contributed by atoms with Crippen molar-refractivity contribution in [3.8, 4) is 0 Å². The van der Waals surface area contributed by atoms with E-state index < -0.39 is 0 Å². The molecule has 0 bridgehead atoms. The number of hydrogen-bond acceptors (Lipinski definition) is 3. The van der Waals surface area contributed by atoms with Gasteiger partial charge in [0.1, 0.15) is 5.82 Å². The zero-order valence-corrected chi connectivity index (χ0v) is 13.1. The second-order valence-corrected chi connectivity index (χ2v) is 5.77. The van der Waals surface area contributed by atoms with E-state index in [1.807, 2.05) is 11.8 Å². The molecule has 1 N–H and O–H groups in total. The smallest absolute Gasteiger partial charge is 0.342 e. The van der Waals surface area contributed by atoms with Crippen molar-refractivity contribution in [3.63, 3.8) is 0 Å². The summed E-state index contributed by atoms with van der Waals surface area (Å²) in [6.07, 6.45) is 5.82. The van der Waals surface area contributed by atoms with Gasteiger partial charge in [-0.3, -0.25) is 9.36 Å². The highest BCUT2D eigenvalue weighted by atomic mass is 16.2. The quantitative estimate of drug-likeness (QED) is 0.814. The van der Waals surface area contributed by atoms with E-state index in [9.17, 15) is 9.59 Å². The number of amides is 1. The minimum atomic E-state index is -0.154. The Morgan fingerprint density at radius 1 is 1.38 bits per heavy atom. The van der Waals surface area contributed by atoms with E-state index in [1.54, 1.807) is 4.57 Å². The number of H-pyrrole nitrogens is 1. The topological polar surface area (TPSA) is 71.0 Å². The van der Waals surface area contributed by atoms with Crippen molar-refractivity contribution in [2.45, 2.75) is 64.8 Å². The molecule has 2 rings (SSSR count). The summed E-state index contributed by atoms with van der Waals surface area (Å²) in [5.74, 6) is 1.22. The summed E-state index contributed by atoms with van der Waals surface area (Å²) in [5.41, 5.74) is -0.154. The Bertz CT molecular complexity index is 520. The number of aromatic nitrogens is 3. The van der Waals surface area contributed by atoms with Gasteiger partial charge >= 0.3 is 5.69 Å². The Morgan fingerprint density at radius 3 is 2.90 bits per heavy atom. The molecular formula is C15H26N4O2. The van der Waals surface area contributed by atoms with Crippen molar-refractivity contribution in [3.05, 3.63) is 16.3 Å². The van der Waals surface area contributed by atoms with Gasteiger partial charge < -0.3 is 4.90 Å². The van der Waals surface area contributed by atoms with Crippen LogP contribution in [0.1, 0.15) is 64.1 Å². The van der Waals surface area contributed by atoms with Gasteiger partial charge in [-0.05, 0) is 26.2 Å². The molecule has 1 aromatic rings.